The van der Waals surface area contributed by atoms with E-state index in [1.54, 1.807) is 28.9 Å². The number of fused-ring (bicyclic) bond motifs is 1. The number of aryl methyl sites for hydroxylation is 1. The van der Waals surface area contributed by atoms with E-state index in [2.05, 4.69) is 20.6 Å². The molecule has 31 heavy (non-hydrogen) atoms. The summed E-state index contributed by atoms with van der Waals surface area (Å²) in [5.74, 6) is 0.952. The van der Waals surface area contributed by atoms with Crippen LogP contribution in [0.4, 0.5) is 16.4 Å². The topological polar surface area (TPSA) is 125 Å². The molecule has 162 valence electrons. The second kappa shape index (κ2) is 8.09. The number of hydrogen-bond acceptors (Lipinski definition) is 7. The van der Waals surface area contributed by atoms with Crippen molar-refractivity contribution in [1.29, 1.82) is 0 Å². The number of carbonyl (C=O) groups is 2. The van der Waals surface area contributed by atoms with Crippen LogP contribution in [0.3, 0.4) is 0 Å². The lowest BCUT2D eigenvalue weighted by molar-refractivity contribution is 0.102. The summed E-state index contributed by atoms with van der Waals surface area (Å²) in [4.78, 5) is 27.4. The van der Waals surface area contributed by atoms with Crippen LogP contribution in [-0.2, 0) is 0 Å². The van der Waals surface area contributed by atoms with Crippen molar-refractivity contribution in [2.45, 2.75) is 19.9 Å². The van der Waals surface area contributed by atoms with Crippen molar-refractivity contribution in [3.63, 3.8) is 0 Å². The second-order valence-electron chi connectivity index (χ2n) is 7.41. The first-order valence-electron chi connectivity index (χ1n) is 9.79. The SMILES string of the molecule is COc1cn2nc(C)cc2cc1C(=O)Nc1ccc(N2CCN(C(=O)O)[C@@H](C)C2)nn1. The van der Waals surface area contributed by atoms with Gasteiger partial charge in [-0.25, -0.2) is 9.31 Å². The highest BCUT2D eigenvalue weighted by Crippen LogP contribution is 2.23. The van der Waals surface area contributed by atoms with Crippen LogP contribution in [-0.4, -0.2) is 74.6 Å². The Morgan fingerprint density at radius 1 is 1.23 bits per heavy atom. The van der Waals surface area contributed by atoms with Crippen molar-refractivity contribution >= 4 is 29.2 Å². The maximum atomic E-state index is 12.8. The zero-order valence-electron chi connectivity index (χ0n) is 17.4. The molecule has 4 heterocycles. The Balaban J connectivity index is 1.47. The van der Waals surface area contributed by atoms with Crippen LogP contribution < -0.4 is 15.0 Å². The van der Waals surface area contributed by atoms with Gasteiger partial charge >= 0.3 is 6.09 Å². The van der Waals surface area contributed by atoms with Gasteiger partial charge in [-0.05, 0) is 38.1 Å². The second-order valence-corrected chi connectivity index (χ2v) is 7.41. The molecule has 0 aliphatic carbocycles. The van der Waals surface area contributed by atoms with Crippen LogP contribution in [0.15, 0.2) is 30.5 Å². The molecule has 0 aromatic carbocycles. The lowest BCUT2D eigenvalue weighted by atomic mass is 10.2. The summed E-state index contributed by atoms with van der Waals surface area (Å²) in [6.07, 6.45) is 0.736. The average molecular weight is 425 g/mol. The molecule has 1 atom stereocenters. The number of piperazine rings is 1. The van der Waals surface area contributed by atoms with Crippen LogP contribution in [0, 0.1) is 6.92 Å². The van der Waals surface area contributed by atoms with E-state index < -0.39 is 6.09 Å². The number of aromatic nitrogens is 4. The van der Waals surface area contributed by atoms with Crippen LogP contribution in [0.1, 0.15) is 23.0 Å². The minimum absolute atomic E-state index is 0.151. The number of anilines is 2. The van der Waals surface area contributed by atoms with E-state index in [9.17, 15) is 14.7 Å². The van der Waals surface area contributed by atoms with E-state index in [0.29, 0.717) is 42.6 Å². The number of carboxylic acid groups (broad SMARTS) is 1. The Kier molecular flexibility index (Phi) is 5.32. The van der Waals surface area contributed by atoms with Gasteiger partial charge in [-0.15, -0.1) is 10.2 Å². The van der Waals surface area contributed by atoms with Gasteiger partial charge in [-0.2, -0.15) is 5.10 Å². The average Bonchev–Trinajstić information content (AvgIpc) is 3.11. The Bertz CT molecular complexity index is 1130. The van der Waals surface area contributed by atoms with Gasteiger partial charge in [-0.1, -0.05) is 0 Å². The van der Waals surface area contributed by atoms with Crippen LogP contribution in [0.25, 0.3) is 5.52 Å². The van der Waals surface area contributed by atoms with Crippen molar-refractivity contribution < 1.29 is 19.4 Å². The monoisotopic (exact) mass is 425 g/mol. The molecule has 0 spiro atoms. The maximum absolute atomic E-state index is 12.8. The van der Waals surface area contributed by atoms with Gasteiger partial charge in [0.25, 0.3) is 5.91 Å². The highest BCUT2D eigenvalue weighted by Gasteiger charge is 2.28. The number of amides is 2. The molecule has 11 nitrogen and oxygen atoms in total. The van der Waals surface area contributed by atoms with E-state index in [-0.39, 0.29) is 11.9 Å². The molecule has 3 aromatic rings. The molecule has 4 rings (SSSR count). The summed E-state index contributed by atoms with van der Waals surface area (Å²) in [5, 5.41) is 24.6. The fourth-order valence-corrected chi connectivity index (χ4v) is 3.68. The van der Waals surface area contributed by atoms with Gasteiger partial charge in [0.2, 0.25) is 0 Å². The lowest BCUT2D eigenvalue weighted by Crippen LogP contribution is -2.54. The number of rotatable bonds is 4. The molecular weight excluding hydrogens is 402 g/mol. The fraction of sp³-hybridized carbons (Fsp3) is 0.350. The Hall–Kier alpha value is -3.89. The molecule has 2 N–H and O–H groups in total. The zero-order valence-corrected chi connectivity index (χ0v) is 17.4. The Morgan fingerprint density at radius 2 is 2.03 bits per heavy atom. The van der Waals surface area contributed by atoms with Gasteiger partial charge < -0.3 is 25.0 Å². The normalized spacial score (nSPS) is 16.4. The quantitative estimate of drug-likeness (QED) is 0.649. The molecule has 3 aromatic heterocycles. The molecule has 2 amide bonds. The smallest absolute Gasteiger partial charge is 0.407 e. The van der Waals surface area contributed by atoms with Crippen molar-refractivity contribution in [3.05, 3.63) is 41.7 Å². The van der Waals surface area contributed by atoms with Gasteiger partial charge in [0.1, 0.15) is 5.75 Å². The summed E-state index contributed by atoms with van der Waals surface area (Å²) >= 11 is 0. The first kappa shape index (κ1) is 20.4. The highest BCUT2D eigenvalue weighted by atomic mass is 16.5. The molecule has 0 bridgehead atoms. The van der Waals surface area contributed by atoms with Crippen molar-refractivity contribution in [2.24, 2.45) is 0 Å². The van der Waals surface area contributed by atoms with E-state index in [0.717, 1.165) is 11.2 Å². The summed E-state index contributed by atoms with van der Waals surface area (Å²) in [5.41, 5.74) is 1.97. The number of pyridine rings is 1. The van der Waals surface area contributed by atoms with E-state index >= 15 is 0 Å². The molecule has 11 heteroatoms. The standard InChI is InChI=1S/C20H23N7O4/c1-12-8-14-9-15(16(31-3)11-27(14)24-12)19(28)21-17-4-5-18(23-22-17)25-6-7-26(20(29)30)13(2)10-25/h4-5,8-9,11,13H,6-7,10H2,1-3H3,(H,29,30)(H,21,22,28)/t13-/m0/s1. The number of nitrogens with one attached hydrogen (secondary N) is 1. The fourth-order valence-electron chi connectivity index (χ4n) is 3.68. The van der Waals surface area contributed by atoms with E-state index in [4.69, 9.17) is 4.74 Å². The third-order valence-corrected chi connectivity index (χ3v) is 5.24. The van der Waals surface area contributed by atoms with E-state index in [1.165, 1.54) is 12.0 Å². The zero-order chi connectivity index (χ0) is 22.1. The molecule has 1 fully saturated rings. The Labute approximate surface area is 178 Å². The van der Waals surface area contributed by atoms with Crippen molar-refractivity contribution in [1.82, 2.24) is 24.7 Å². The molecule has 1 aliphatic rings. The van der Waals surface area contributed by atoms with Gasteiger partial charge in [0, 0.05) is 25.7 Å². The minimum atomic E-state index is -0.920. The van der Waals surface area contributed by atoms with Crippen LogP contribution in [0.2, 0.25) is 0 Å². The Morgan fingerprint density at radius 3 is 2.68 bits per heavy atom. The molecular formula is C20H23N7O4. The van der Waals surface area contributed by atoms with E-state index in [1.807, 2.05) is 24.8 Å². The number of ether oxygens (including phenoxy) is 1. The van der Waals surface area contributed by atoms with Gasteiger partial charge in [-0.3, -0.25) is 4.79 Å². The maximum Gasteiger partial charge on any atom is 0.407 e. The summed E-state index contributed by atoms with van der Waals surface area (Å²) in [6.45, 7) is 5.17. The number of carbonyl (C=O) groups excluding carboxylic acids is 1. The molecule has 1 saturated heterocycles. The molecule has 0 unspecified atom stereocenters. The summed E-state index contributed by atoms with van der Waals surface area (Å²) in [6, 6.07) is 6.85. The van der Waals surface area contributed by atoms with Gasteiger partial charge in [0.05, 0.1) is 30.1 Å². The molecule has 0 saturated carbocycles. The predicted molar refractivity (Wildman–Crippen MR) is 113 cm³/mol. The molecule has 1 aliphatic heterocycles. The van der Waals surface area contributed by atoms with Crippen LogP contribution in [0.5, 0.6) is 5.75 Å². The molecule has 0 radical (unpaired) electrons. The first-order chi connectivity index (χ1) is 14.9. The largest absolute Gasteiger partial charge is 0.494 e. The minimum Gasteiger partial charge on any atom is -0.494 e. The van der Waals surface area contributed by atoms with Crippen molar-refractivity contribution in [2.75, 3.05) is 37.0 Å². The lowest BCUT2D eigenvalue weighted by Gasteiger charge is -2.38. The number of methoxy groups -OCH3 is 1. The number of hydrogen-bond donors (Lipinski definition) is 2. The highest BCUT2D eigenvalue weighted by molar-refractivity contribution is 6.06. The predicted octanol–water partition coefficient (Wildman–Crippen LogP) is 1.88. The first-order valence-corrected chi connectivity index (χ1v) is 9.79. The number of nitrogens with zero attached hydrogens (tertiary/aromatic N) is 6. The van der Waals surface area contributed by atoms with Gasteiger partial charge in [0.15, 0.2) is 11.6 Å². The third-order valence-electron chi connectivity index (χ3n) is 5.24. The van der Waals surface area contributed by atoms with Crippen molar-refractivity contribution in [3.8, 4) is 5.75 Å². The third kappa shape index (κ3) is 4.06. The van der Waals surface area contributed by atoms with Crippen LogP contribution >= 0.6 is 0 Å². The summed E-state index contributed by atoms with van der Waals surface area (Å²) in [7, 11) is 1.49. The summed E-state index contributed by atoms with van der Waals surface area (Å²) < 4.78 is 7.00.